The first kappa shape index (κ1) is 24.9. The Morgan fingerprint density at radius 1 is 0.477 bits per heavy atom. The molecule has 3 heteroatoms. The first-order chi connectivity index (χ1) is 21.7. The Balaban J connectivity index is 1.01. The Labute approximate surface area is 256 Å². The van der Waals surface area contributed by atoms with Crippen LogP contribution in [-0.4, -0.2) is 17.1 Å². The van der Waals surface area contributed by atoms with Gasteiger partial charge in [0.2, 0.25) is 0 Å². The molecule has 44 heavy (non-hydrogen) atoms. The van der Waals surface area contributed by atoms with Gasteiger partial charge in [0.25, 0.3) is 0 Å². The highest BCUT2D eigenvalue weighted by molar-refractivity contribution is 5.99. The molecule has 0 radical (unpaired) electrons. The standard InChI is InChI=1S/C41H29N3/c1-2-7-31-23-32(14-9-26(31)5-1)33-15-11-28-17-20-36(42-39(28)24-33)34-16-12-29-18-21-37(43-40(29)25-34)38-22-19-30-13-10-27-6-3-4-8-35(27)41(30)44-38/h1-25,37-38,43-44H. The lowest BCUT2D eigenvalue weighted by Gasteiger charge is -2.32. The number of hydrogen-bond donors (Lipinski definition) is 2. The molecule has 1 aromatic heterocycles. The summed E-state index contributed by atoms with van der Waals surface area (Å²) in [5.41, 5.74) is 10.2. The highest BCUT2D eigenvalue weighted by Crippen LogP contribution is 2.36. The van der Waals surface area contributed by atoms with Crippen molar-refractivity contribution >= 4 is 56.0 Å². The molecule has 208 valence electrons. The van der Waals surface area contributed by atoms with Crippen LogP contribution in [0, 0.1) is 0 Å². The normalized spacial score (nSPS) is 16.8. The van der Waals surface area contributed by atoms with Gasteiger partial charge in [0.05, 0.1) is 23.3 Å². The van der Waals surface area contributed by atoms with Gasteiger partial charge in [-0.3, -0.25) is 0 Å². The summed E-state index contributed by atoms with van der Waals surface area (Å²) in [4.78, 5) is 5.14. The summed E-state index contributed by atoms with van der Waals surface area (Å²) in [6.45, 7) is 0. The summed E-state index contributed by atoms with van der Waals surface area (Å²) in [5.74, 6) is 0. The molecule has 0 saturated heterocycles. The third-order valence-corrected chi connectivity index (χ3v) is 9.07. The summed E-state index contributed by atoms with van der Waals surface area (Å²) in [6, 6.07) is 45.9. The topological polar surface area (TPSA) is 37.0 Å². The first-order valence-corrected chi connectivity index (χ1v) is 15.2. The molecule has 0 spiro atoms. The van der Waals surface area contributed by atoms with Crippen molar-refractivity contribution in [3.63, 3.8) is 0 Å². The number of pyridine rings is 1. The number of rotatable bonds is 3. The third-order valence-electron chi connectivity index (χ3n) is 9.07. The van der Waals surface area contributed by atoms with Crippen LogP contribution in [-0.2, 0) is 0 Å². The zero-order valence-corrected chi connectivity index (χ0v) is 24.0. The van der Waals surface area contributed by atoms with Gasteiger partial charge in [-0.05, 0) is 62.7 Å². The van der Waals surface area contributed by atoms with E-state index in [0.29, 0.717) is 0 Å². The quantitative estimate of drug-likeness (QED) is 0.225. The second-order valence-electron chi connectivity index (χ2n) is 11.8. The van der Waals surface area contributed by atoms with Gasteiger partial charge in [0, 0.05) is 27.7 Å². The van der Waals surface area contributed by atoms with E-state index in [-0.39, 0.29) is 12.1 Å². The zero-order chi connectivity index (χ0) is 29.0. The zero-order valence-electron chi connectivity index (χ0n) is 24.0. The van der Waals surface area contributed by atoms with Crippen LogP contribution < -0.4 is 10.6 Å². The number of nitrogens with zero attached hydrogens (tertiary/aromatic N) is 1. The summed E-state index contributed by atoms with van der Waals surface area (Å²) in [5, 5.41) is 13.8. The van der Waals surface area contributed by atoms with Crippen LogP contribution in [0.25, 0.3) is 67.0 Å². The lowest BCUT2D eigenvalue weighted by Crippen LogP contribution is -2.38. The second-order valence-corrected chi connectivity index (χ2v) is 11.8. The van der Waals surface area contributed by atoms with E-state index in [2.05, 4.69) is 162 Å². The Morgan fingerprint density at radius 2 is 1.14 bits per heavy atom. The number of benzene rings is 6. The van der Waals surface area contributed by atoms with Gasteiger partial charge in [0.15, 0.2) is 0 Å². The molecular formula is C41H29N3. The molecule has 2 aliphatic rings. The van der Waals surface area contributed by atoms with E-state index in [1.165, 1.54) is 49.5 Å². The minimum atomic E-state index is 0.121. The number of nitrogens with one attached hydrogen (secondary N) is 2. The maximum atomic E-state index is 5.14. The summed E-state index contributed by atoms with van der Waals surface area (Å²) in [7, 11) is 0. The maximum Gasteiger partial charge on any atom is 0.0715 e. The van der Waals surface area contributed by atoms with Gasteiger partial charge >= 0.3 is 0 Å². The Hall–Kier alpha value is -5.67. The van der Waals surface area contributed by atoms with Crippen LogP contribution in [0.1, 0.15) is 11.1 Å². The Kier molecular flexibility index (Phi) is 5.63. The average Bonchev–Trinajstić information content (AvgIpc) is 3.10. The fourth-order valence-electron chi connectivity index (χ4n) is 6.68. The lowest BCUT2D eigenvalue weighted by atomic mass is 9.93. The molecule has 2 aliphatic heterocycles. The highest BCUT2D eigenvalue weighted by atomic mass is 15.0. The molecule has 2 unspecified atom stereocenters. The predicted octanol–water partition coefficient (Wildman–Crippen LogP) is 10.2. The number of fused-ring (bicyclic) bond motifs is 6. The van der Waals surface area contributed by atoms with Crippen molar-refractivity contribution in [2.45, 2.75) is 12.1 Å². The minimum absolute atomic E-state index is 0.121. The molecule has 6 aromatic carbocycles. The van der Waals surface area contributed by atoms with E-state index < -0.39 is 0 Å². The average molecular weight is 564 g/mol. The maximum absolute atomic E-state index is 5.14. The molecule has 0 saturated carbocycles. The number of aromatic nitrogens is 1. The van der Waals surface area contributed by atoms with Gasteiger partial charge in [-0.2, -0.15) is 0 Å². The molecular weight excluding hydrogens is 534 g/mol. The van der Waals surface area contributed by atoms with Crippen LogP contribution >= 0.6 is 0 Å². The molecule has 3 nitrogen and oxygen atoms in total. The van der Waals surface area contributed by atoms with Crippen molar-refractivity contribution in [1.29, 1.82) is 0 Å². The molecule has 0 bridgehead atoms. The van der Waals surface area contributed by atoms with E-state index in [1.807, 2.05) is 0 Å². The number of anilines is 2. The molecule has 0 aliphatic carbocycles. The number of hydrogen-bond acceptors (Lipinski definition) is 3. The molecule has 0 fully saturated rings. The van der Waals surface area contributed by atoms with E-state index in [1.54, 1.807) is 0 Å². The molecule has 0 amide bonds. The van der Waals surface area contributed by atoms with Crippen molar-refractivity contribution in [3.8, 4) is 22.4 Å². The molecule has 9 rings (SSSR count). The predicted molar refractivity (Wildman–Crippen MR) is 187 cm³/mol. The molecule has 2 atom stereocenters. The third kappa shape index (κ3) is 4.25. The smallest absolute Gasteiger partial charge is 0.0715 e. The fourth-order valence-corrected chi connectivity index (χ4v) is 6.68. The van der Waals surface area contributed by atoms with Gasteiger partial charge < -0.3 is 10.6 Å². The van der Waals surface area contributed by atoms with E-state index >= 15 is 0 Å². The van der Waals surface area contributed by atoms with Gasteiger partial charge in [-0.25, -0.2) is 4.98 Å². The lowest BCUT2D eigenvalue weighted by molar-refractivity contribution is 0.788. The highest BCUT2D eigenvalue weighted by Gasteiger charge is 2.24. The van der Waals surface area contributed by atoms with Crippen LogP contribution in [0.3, 0.4) is 0 Å². The van der Waals surface area contributed by atoms with Crippen molar-refractivity contribution in [2.24, 2.45) is 0 Å². The summed E-state index contributed by atoms with van der Waals surface area (Å²) >= 11 is 0. The second kappa shape index (κ2) is 9.96. The summed E-state index contributed by atoms with van der Waals surface area (Å²) < 4.78 is 0. The largest absolute Gasteiger partial charge is 0.376 e. The van der Waals surface area contributed by atoms with E-state index in [4.69, 9.17) is 4.98 Å². The van der Waals surface area contributed by atoms with Gasteiger partial charge in [0.1, 0.15) is 0 Å². The van der Waals surface area contributed by atoms with Crippen LogP contribution in [0.15, 0.2) is 140 Å². The van der Waals surface area contributed by atoms with Crippen molar-refractivity contribution in [1.82, 2.24) is 4.98 Å². The molecule has 3 heterocycles. The van der Waals surface area contributed by atoms with Crippen molar-refractivity contribution in [3.05, 3.63) is 151 Å². The van der Waals surface area contributed by atoms with Crippen LogP contribution in [0.4, 0.5) is 11.4 Å². The van der Waals surface area contributed by atoms with Crippen LogP contribution in [0.2, 0.25) is 0 Å². The fraction of sp³-hybridized carbons (Fsp3) is 0.0488. The van der Waals surface area contributed by atoms with Crippen molar-refractivity contribution < 1.29 is 0 Å². The van der Waals surface area contributed by atoms with E-state index in [0.717, 1.165) is 27.8 Å². The summed E-state index contributed by atoms with van der Waals surface area (Å²) in [6.07, 6.45) is 9.02. The Bertz CT molecular complexity index is 2310. The van der Waals surface area contributed by atoms with E-state index in [9.17, 15) is 0 Å². The van der Waals surface area contributed by atoms with Crippen LogP contribution in [0.5, 0.6) is 0 Å². The molecule has 2 N–H and O–H groups in total. The van der Waals surface area contributed by atoms with Gasteiger partial charge in [-0.1, -0.05) is 127 Å². The van der Waals surface area contributed by atoms with Gasteiger partial charge in [-0.15, -0.1) is 0 Å². The van der Waals surface area contributed by atoms with Crippen molar-refractivity contribution in [2.75, 3.05) is 10.6 Å². The SMILES string of the molecule is C1=CC(C2C=Cc3ccc4ccccc4c3N2)Nc2cc(-c3ccc4ccc(-c5ccc6ccccc6c5)cc4n3)ccc21. The monoisotopic (exact) mass is 563 g/mol. The minimum Gasteiger partial charge on any atom is -0.376 e. The first-order valence-electron chi connectivity index (χ1n) is 15.2. The molecule has 7 aromatic rings. The Morgan fingerprint density at radius 3 is 2.05 bits per heavy atom.